The molecule has 2 heteroatoms. The first kappa shape index (κ1) is 10.2. The number of halogens is 1. The van der Waals surface area contributed by atoms with Crippen LogP contribution in [0.3, 0.4) is 0 Å². The summed E-state index contributed by atoms with van der Waals surface area (Å²) in [6, 6.07) is 5.02. The first-order chi connectivity index (χ1) is 6.13. The normalized spacial score (nSPS) is 10.8. The summed E-state index contributed by atoms with van der Waals surface area (Å²) in [5.41, 5.74) is 1.36. The molecule has 0 spiro atoms. The second kappa shape index (κ2) is 4.38. The fourth-order valence-electron chi connectivity index (χ4n) is 1.32. The Hall–Kier alpha value is -0.890. The highest BCUT2D eigenvalue weighted by atomic mass is 19.1. The van der Waals surface area contributed by atoms with E-state index in [0.717, 1.165) is 12.0 Å². The average Bonchev–Trinajstić information content (AvgIpc) is 2.03. The number of hydrogen-bond donors (Lipinski definition) is 1. The van der Waals surface area contributed by atoms with Crippen LogP contribution in [0.4, 0.5) is 4.39 Å². The van der Waals surface area contributed by atoms with Gasteiger partial charge in [0.25, 0.3) is 0 Å². The number of hydrogen-bond acceptors (Lipinski definition) is 1. The van der Waals surface area contributed by atoms with Crippen LogP contribution < -0.4 is 0 Å². The minimum absolute atomic E-state index is 0.228. The van der Waals surface area contributed by atoms with E-state index in [1.165, 1.54) is 6.07 Å². The highest BCUT2D eigenvalue weighted by molar-refractivity contribution is 5.24. The van der Waals surface area contributed by atoms with Gasteiger partial charge >= 0.3 is 0 Å². The van der Waals surface area contributed by atoms with Crippen molar-refractivity contribution < 1.29 is 9.50 Å². The lowest BCUT2D eigenvalue weighted by molar-refractivity contribution is 0.275. The molecule has 0 aromatic heterocycles. The topological polar surface area (TPSA) is 20.2 Å². The van der Waals surface area contributed by atoms with Crippen LogP contribution in [0, 0.1) is 11.7 Å². The van der Waals surface area contributed by atoms with Crippen LogP contribution in [0.2, 0.25) is 0 Å². The molecular weight excluding hydrogens is 167 g/mol. The average molecular weight is 182 g/mol. The summed E-state index contributed by atoms with van der Waals surface area (Å²) in [4.78, 5) is 0. The number of rotatable bonds is 3. The zero-order valence-electron chi connectivity index (χ0n) is 8.05. The molecule has 0 aliphatic rings. The third-order valence-electron chi connectivity index (χ3n) is 1.93. The Morgan fingerprint density at radius 1 is 1.38 bits per heavy atom. The van der Waals surface area contributed by atoms with E-state index < -0.39 is 0 Å². The Morgan fingerprint density at radius 2 is 2.08 bits per heavy atom. The Balaban J connectivity index is 2.83. The van der Waals surface area contributed by atoms with Crippen LogP contribution in [-0.2, 0) is 13.0 Å². The Kier molecular flexibility index (Phi) is 3.43. The van der Waals surface area contributed by atoms with Crippen LogP contribution in [0.15, 0.2) is 18.2 Å². The lowest BCUT2D eigenvalue weighted by atomic mass is 10.0. The lowest BCUT2D eigenvalue weighted by Gasteiger charge is -2.06. The standard InChI is InChI=1S/C11H15FO/c1-8(2)5-9-3-4-10(7-13)11(12)6-9/h3-4,6,8,13H,5,7H2,1-2H3. The zero-order chi connectivity index (χ0) is 9.84. The molecule has 0 aliphatic carbocycles. The lowest BCUT2D eigenvalue weighted by Crippen LogP contribution is -1.97. The number of aliphatic hydroxyl groups is 1. The summed E-state index contributed by atoms with van der Waals surface area (Å²) in [5, 5.41) is 8.75. The molecule has 0 unspecified atom stereocenters. The summed E-state index contributed by atoms with van der Waals surface area (Å²) in [6.07, 6.45) is 0.878. The van der Waals surface area contributed by atoms with E-state index in [1.807, 2.05) is 6.07 Å². The highest BCUT2D eigenvalue weighted by Crippen LogP contribution is 2.13. The minimum Gasteiger partial charge on any atom is -0.392 e. The van der Waals surface area contributed by atoms with E-state index in [2.05, 4.69) is 13.8 Å². The fourth-order valence-corrected chi connectivity index (χ4v) is 1.32. The van der Waals surface area contributed by atoms with Crippen LogP contribution in [0.1, 0.15) is 25.0 Å². The minimum atomic E-state index is -0.305. The van der Waals surface area contributed by atoms with Crippen molar-refractivity contribution in [2.24, 2.45) is 5.92 Å². The third kappa shape index (κ3) is 2.81. The van der Waals surface area contributed by atoms with Crippen molar-refractivity contribution in [1.82, 2.24) is 0 Å². The van der Waals surface area contributed by atoms with Crippen LogP contribution in [-0.4, -0.2) is 5.11 Å². The zero-order valence-corrected chi connectivity index (χ0v) is 8.05. The monoisotopic (exact) mass is 182 g/mol. The molecule has 0 saturated carbocycles. The van der Waals surface area contributed by atoms with Gasteiger partial charge < -0.3 is 5.11 Å². The Bertz CT molecular complexity index is 281. The maximum absolute atomic E-state index is 13.1. The fraction of sp³-hybridized carbons (Fsp3) is 0.455. The van der Waals surface area contributed by atoms with Crippen molar-refractivity contribution in [2.45, 2.75) is 26.9 Å². The molecule has 1 N–H and O–H groups in total. The molecule has 0 saturated heterocycles. The maximum atomic E-state index is 13.1. The van der Waals surface area contributed by atoms with Crippen molar-refractivity contribution >= 4 is 0 Å². The van der Waals surface area contributed by atoms with Gasteiger partial charge in [0.15, 0.2) is 0 Å². The van der Waals surface area contributed by atoms with Crippen LogP contribution >= 0.6 is 0 Å². The van der Waals surface area contributed by atoms with Gasteiger partial charge in [-0.05, 0) is 24.0 Å². The summed E-state index contributed by atoms with van der Waals surface area (Å²) in [6.45, 7) is 3.96. The van der Waals surface area contributed by atoms with Crippen LogP contribution in [0.5, 0.6) is 0 Å². The molecule has 0 heterocycles. The van der Waals surface area contributed by atoms with Gasteiger partial charge in [-0.3, -0.25) is 0 Å². The van der Waals surface area contributed by atoms with E-state index in [1.54, 1.807) is 6.07 Å². The van der Waals surface area contributed by atoms with Gasteiger partial charge in [-0.25, -0.2) is 4.39 Å². The SMILES string of the molecule is CC(C)Cc1ccc(CO)c(F)c1. The smallest absolute Gasteiger partial charge is 0.128 e. The van der Waals surface area contributed by atoms with Gasteiger partial charge in [-0.2, -0.15) is 0 Å². The van der Waals surface area contributed by atoms with Crippen molar-refractivity contribution in [3.8, 4) is 0 Å². The molecule has 0 radical (unpaired) electrons. The largest absolute Gasteiger partial charge is 0.392 e. The predicted molar refractivity (Wildman–Crippen MR) is 50.9 cm³/mol. The quantitative estimate of drug-likeness (QED) is 0.761. The summed E-state index contributed by atoms with van der Waals surface area (Å²) >= 11 is 0. The molecule has 1 nitrogen and oxygen atoms in total. The molecule has 1 rings (SSSR count). The van der Waals surface area contributed by atoms with Gasteiger partial charge in [0, 0.05) is 5.56 Å². The summed E-state index contributed by atoms with van der Waals surface area (Å²) < 4.78 is 13.1. The van der Waals surface area contributed by atoms with Crippen molar-refractivity contribution in [1.29, 1.82) is 0 Å². The van der Waals surface area contributed by atoms with Crippen molar-refractivity contribution in [3.05, 3.63) is 35.1 Å². The molecule has 0 aliphatic heterocycles. The van der Waals surface area contributed by atoms with E-state index >= 15 is 0 Å². The van der Waals surface area contributed by atoms with E-state index in [9.17, 15) is 4.39 Å². The maximum Gasteiger partial charge on any atom is 0.128 e. The molecule has 1 aromatic rings. The van der Waals surface area contributed by atoms with Gasteiger partial charge in [-0.1, -0.05) is 26.0 Å². The molecular formula is C11H15FO. The molecule has 0 atom stereocenters. The Morgan fingerprint density at radius 3 is 2.54 bits per heavy atom. The molecule has 13 heavy (non-hydrogen) atoms. The van der Waals surface area contributed by atoms with Gasteiger partial charge in [0.05, 0.1) is 6.61 Å². The van der Waals surface area contributed by atoms with E-state index in [0.29, 0.717) is 11.5 Å². The van der Waals surface area contributed by atoms with Gasteiger partial charge in [0.1, 0.15) is 5.82 Å². The molecule has 0 fully saturated rings. The molecule has 0 bridgehead atoms. The summed E-state index contributed by atoms with van der Waals surface area (Å²) in [7, 11) is 0. The highest BCUT2D eigenvalue weighted by Gasteiger charge is 2.03. The second-order valence-corrected chi connectivity index (χ2v) is 3.68. The molecule has 0 amide bonds. The molecule has 72 valence electrons. The predicted octanol–water partition coefficient (Wildman–Crippen LogP) is 2.52. The number of aliphatic hydroxyl groups excluding tert-OH is 1. The Labute approximate surface area is 78.2 Å². The van der Waals surface area contributed by atoms with Crippen molar-refractivity contribution in [3.63, 3.8) is 0 Å². The first-order valence-electron chi connectivity index (χ1n) is 4.51. The third-order valence-corrected chi connectivity index (χ3v) is 1.93. The van der Waals surface area contributed by atoms with Gasteiger partial charge in [-0.15, -0.1) is 0 Å². The van der Waals surface area contributed by atoms with Crippen molar-refractivity contribution in [2.75, 3.05) is 0 Å². The first-order valence-corrected chi connectivity index (χ1v) is 4.51. The van der Waals surface area contributed by atoms with Crippen LogP contribution in [0.25, 0.3) is 0 Å². The van der Waals surface area contributed by atoms with E-state index in [-0.39, 0.29) is 12.4 Å². The van der Waals surface area contributed by atoms with E-state index in [4.69, 9.17) is 5.11 Å². The summed E-state index contributed by atoms with van der Waals surface area (Å²) in [5.74, 6) is 0.222. The second-order valence-electron chi connectivity index (χ2n) is 3.68. The molecule has 1 aromatic carbocycles. The van der Waals surface area contributed by atoms with Gasteiger partial charge in [0.2, 0.25) is 0 Å². The number of benzene rings is 1.